The highest BCUT2D eigenvalue weighted by atomic mass is 32.2. The quantitative estimate of drug-likeness (QED) is 0.629. The molecule has 31 heavy (non-hydrogen) atoms. The van der Waals surface area contributed by atoms with Crippen molar-refractivity contribution in [1.29, 1.82) is 0 Å². The third-order valence-corrected chi connectivity index (χ3v) is 7.34. The zero-order chi connectivity index (χ0) is 22.8. The van der Waals surface area contributed by atoms with E-state index in [1.807, 2.05) is 6.92 Å². The lowest BCUT2D eigenvalue weighted by Crippen LogP contribution is -2.42. The Kier molecular flexibility index (Phi) is 7.18. The maximum Gasteiger partial charge on any atom is 0.420 e. The second kappa shape index (κ2) is 9.35. The van der Waals surface area contributed by atoms with Gasteiger partial charge in [-0.3, -0.25) is 0 Å². The average molecular weight is 480 g/mol. The molecule has 1 fully saturated rings. The number of rotatable bonds is 7. The Labute approximate surface area is 182 Å². The summed E-state index contributed by atoms with van der Waals surface area (Å²) in [6, 6.07) is -0.158. The molecule has 2 aromatic rings. The van der Waals surface area contributed by atoms with Gasteiger partial charge >= 0.3 is 6.18 Å². The van der Waals surface area contributed by atoms with Crippen LogP contribution in [0, 0.1) is 0 Å². The van der Waals surface area contributed by atoms with Crippen molar-refractivity contribution in [2.24, 2.45) is 0 Å². The highest BCUT2D eigenvalue weighted by Crippen LogP contribution is 2.37. The number of alkyl halides is 3. The van der Waals surface area contributed by atoms with Crippen molar-refractivity contribution in [3.05, 3.63) is 22.8 Å². The van der Waals surface area contributed by atoms with Gasteiger partial charge in [-0.05, 0) is 19.3 Å². The summed E-state index contributed by atoms with van der Waals surface area (Å²) in [5, 5.41) is 12.9. The molecule has 172 valence electrons. The lowest BCUT2D eigenvalue weighted by atomic mass is 10.1. The molecule has 0 amide bonds. The van der Waals surface area contributed by atoms with Crippen molar-refractivity contribution in [2.75, 3.05) is 24.7 Å². The van der Waals surface area contributed by atoms with E-state index in [0.717, 1.165) is 23.8 Å². The molecule has 2 aromatic heterocycles. The Hall–Kier alpha value is -1.83. The van der Waals surface area contributed by atoms with Gasteiger partial charge in [0.15, 0.2) is 0 Å². The first kappa shape index (κ1) is 23.8. The van der Waals surface area contributed by atoms with Gasteiger partial charge in [-0.1, -0.05) is 6.92 Å². The van der Waals surface area contributed by atoms with Gasteiger partial charge < -0.3 is 10.4 Å². The maximum atomic E-state index is 13.5. The summed E-state index contributed by atoms with van der Waals surface area (Å²) in [5.41, 5.74) is -1.30. The number of piperidine rings is 1. The second-order valence-electron chi connectivity index (χ2n) is 7.43. The second-order valence-corrected chi connectivity index (χ2v) is 10.5. The number of aliphatic hydroxyl groups is 1. The average Bonchev–Trinajstić information content (AvgIpc) is 3.15. The highest BCUT2D eigenvalue weighted by Gasteiger charge is 2.36. The van der Waals surface area contributed by atoms with Crippen LogP contribution in [0.5, 0.6) is 0 Å². The van der Waals surface area contributed by atoms with Gasteiger partial charge in [0.2, 0.25) is 16.0 Å². The normalized spacial score (nSPS) is 17.6. The molecular formula is C18H24F3N5O3S2. The molecule has 0 spiro atoms. The molecule has 1 atom stereocenters. The number of sulfonamides is 1. The molecule has 1 aliphatic rings. The number of aliphatic hydroxyl groups excluding tert-OH is 1. The van der Waals surface area contributed by atoms with Gasteiger partial charge in [-0.15, -0.1) is 11.3 Å². The van der Waals surface area contributed by atoms with Gasteiger partial charge in [-0.25, -0.2) is 27.7 Å². The molecule has 0 saturated carbocycles. The Morgan fingerprint density at radius 2 is 1.97 bits per heavy atom. The molecular weight excluding hydrogens is 455 g/mol. The summed E-state index contributed by atoms with van der Waals surface area (Å²) in [5.74, 6) is 0.0335. The van der Waals surface area contributed by atoms with Crippen LogP contribution in [0.3, 0.4) is 0 Å². The predicted octanol–water partition coefficient (Wildman–Crippen LogP) is 2.77. The standard InChI is InChI=1S/C18H24F3N5O3S2/c1-3-12(27)8-13-9-22-16(30-13)15-14(18(19,20)21)10-23-17(25-15)24-11-4-6-26(7-5-11)31(2,28)29/h9-12,27H,3-8H2,1-2H3,(H,23,24,25). The largest absolute Gasteiger partial charge is 0.420 e. The number of hydrogen-bond acceptors (Lipinski definition) is 8. The van der Waals surface area contributed by atoms with Crippen molar-refractivity contribution in [1.82, 2.24) is 19.3 Å². The molecule has 13 heteroatoms. The van der Waals surface area contributed by atoms with E-state index in [1.54, 1.807) is 0 Å². The zero-order valence-electron chi connectivity index (χ0n) is 17.1. The molecule has 3 heterocycles. The van der Waals surface area contributed by atoms with Crippen LogP contribution in [0.25, 0.3) is 10.7 Å². The molecule has 1 aliphatic heterocycles. The fraction of sp³-hybridized carbons (Fsp3) is 0.611. The topological polar surface area (TPSA) is 108 Å². The number of aromatic nitrogens is 3. The van der Waals surface area contributed by atoms with Crippen molar-refractivity contribution in [2.45, 2.75) is 50.9 Å². The molecule has 2 N–H and O–H groups in total. The minimum Gasteiger partial charge on any atom is -0.393 e. The summed E-state index contributed by atoms with van der Waals surface area (Å²) < 4.78 is 65.2. The number of nitrogens with one attached hydrogen (secondary N) is 1. The molecule has 0 bridgehead atoms. The Morgan fingerprint density at radius 3 is 2.55 bits per heavy atom. The van der Waals surface area contributed by atoms with Crippen molar-refractivity contribution < 1.29 is 26.7 Å². The molecule has 8 nitrogen and oxygen atoms in total. The summed E-state index contributed by atoms with van der Waals surface area (Å²) in [6.45, 7) is 2.45. The lowest BCUT2D eigenvalue weighted by Gasteiger charge is -2.30. The van der Waals surface area contributed by atoms with E-state index in [2.05, 4.69) is 20.3 Å². The molecule has 1 unspecified atom stereocenters. The number of thiazole rings is 1. The van der Waals surface area contributed by atoms with E-state index in [9.17, 15) is 26.7 Å². The van der Waals surface area contributed by atoms with Crippen LogP contribution in [0.15, 0.2) is 12.4 Å². The summed E-state index contributed by atoms with van der Waals surface area (Å²) in [6.07, 6.45) is -0.0850. The van der Waals surface area contributed by atoms with Gasteiger partial charge in [-0.2, -0.15) is 13.2 Å². The first-order valence-electron chi connectivity index (χ1n) is 9.76. The zero-order valence-corrected chi connectivity index (χ0v) is 18.7. The lowest BCUT2D eigenvalue weighted by molar-refractivity contribution is -0.137. The maximum absolute atomic E-state index is 13.5. The Balaban J connectivity index is 1.82. The first-order chi connectivity index (χ1) is 14.5. The van der Waals surface area contributed by atoms with Crippen molar-refractivity contribution in [3.8, 4) is 10.7 Å². The van der Waals surface area contributed by atoms with E-state index < -0.39 is 27.9 Å². The van der Waals surface area contributed by atoms with E-state index in [0.29, 0.717) is 43.6 Å². The highest BCUT2D eigenvalue weighted by molar-refractivity contribution is 7.88. The van der Waals surface area contributed by atoms with E-state index in [1.165, 1.54) is 10.5 Å². The monoisotopic (exact) mass is 479 g/mol. The molecule has 0 radical (unpaired) electrons. The van der Waals surface area contributed by atoms with Crippen molar-refractivity contribution >= 4 is 27.3 Å². The van der Waals surface area contributed by atoms with Gasteiger partial charge in [0, 0.05) is 42.8 Å². The number of nitrogens with zero attached hydrogens (tertiary/aromatic N) is 4. The summed E-state index contributed by atoms with van der Waals surface area (Å²) >= 11 is 1.06. The fourth-order valence-corrected chi connectivity index (χ4v) is 5.09. The Morgan fingerprint density at radius 1 is 1.29 bits per heavy atom. The minimum absolute atomic E-state index is 0.0335. The van der Waals surface area contributed by atoms with E-state index in [4.69, 9.17) is 0 Å². The number of anilines is 1. The number of halogens is 3. The van der Waals surface area contributed by atoms with Crippen LogP contribution in [0.2, 0.25) is 0 Å². The third-order valence-electron chi connectivity index (χ3n) is 5.01. The predicted molar refractivity (Wildman–Crippen MR) is 111 cm³/mol. The third kappa shape index (κ3) is 6.11. The van der Waals surface area contributed by atoms with E-state index >= 15 is 0 Å². The van der Waals surface area contributed by atoms with Crippen LogP contribution >= 0.6 is 11.3 Å². The van der Waals surface area contributed by atoms with Crippen LogP contribution in [0.1, 0.15) is 36.6 Å². The Bertz CT molecular complexity index is 1010. The minimum atomic E-state index is -4.65. The van der Waals surface area contributed by atoms with E-state index in [-0.39, 0.29) is 22.7 Å². The van der Waals surface area contributed by atoms with Crippen molar-refractivity contribution in [3.63, 3.8) is 0 Å². The molecule has 0 aromatic carbocycles. The van der Waals surface area contributed by atoms with Gasteiger partial charge in [0.1, 0.15) is 16.3 Å². The van der Waals surface area contributed by atoms with Gasteiger partial charge in [0.25, 0.3) is 0 Å². The summed E-state index contributed by atoms with van der Waals surface area (Å²) in [4.78, 5) is 12.7. The molecule has 0 aliphatic carbocycles. The fourth-order valence-electron chi connectivity index (χ4n) is 3.22. The first-order valence-corrected chi connectivity index (χ1v) is 12.4. The van der Waals surface area contributed by atoms with Crippen LogP contribution in [-0.2, 0) is 22.6 Å². The van der Waals surface area contributed by atoms with Crippen LogP contribution in [0.4, 0.5) is 19.1 Å². The number of hydrogen-bond donors (Lipinski definition) is 2. The van der Waals surface area contributed by atoms with Gasteiger partial charge in [0.05, 0.1) is 12.4 Å². The SMILES string of the molecule is CCC(O)Cc1cnc(-c2nc(NC3CCN(S(C)(=O)=O)CC3)ncc2C(F)(F)F)s1. The van der Waals surface area contributed by atoms with Crippen LogP contribution in [-0.4, -0.2) is 64.3 Å². The summed E-state index contributed by atoms with van der Waals surface area (Å²) in [7, 11) is -3.27. The molecule has 3 rings (SSSR count). The van der Waals surface area contributed by atoms with Crippen LogP contribution < -0.4 is 5.32 Å². The molecule has 1 saturated heterocycles. The smallest absolute Gasteiger partial charge is 0.393 e.